The molecule has 156 valence electrons. The van der Waals surface area contributed by atoms with E-state index in [1.807, 2.05) is 13.8 Å². The summed E-state index contributed by atoms with van der Waals surface area (Å²) in [6, 6.07) is 12.1. The second-order valence-corrected chi connectivity index (χ2v) is 8.96. The summed E-state index contributed by atoms with van der Waals surface area (Å²) < 4.78 is 0. The molecule has 0 radical (unpaired) electrons. The molecule has 8 heteroatoms. The number of imide groups is 1. The molecule has 0 atom stereocenters. The predicted octanol–water partition coefficient (Wildman–Crippen LogP) is 5.71. The van der Waals surface area contributed by atoms with E-state index in [9.17, 15) is 14.4 Å². The molecule has 0 saturated carbocycles. The molecule has 0 bridgehead atoms. The van der Waals surface area contributed by atoms with Crippen molar-refractivity contribution in [2.75, 3.05) is 7.05 Å². The summed E-state index contributed by atoms with van der Waals surface area (Å²) in [6.07, 6.45) is 1.63. The molecule has 5 nitrogen and oxygen atoms in total. The molecule has 0 aliphatic carbocycles. The summed E-state index contributed by atoms with van der Waals surface area (Å²) in [6.45, 7) is 3.98. The van der Waals surface area contributed by atoms with Crippen molar-refractivity contribution in [1.82, 2.24) is 9.80 Å². The number of rotatable bonds is 5. The Hall–Kier alpha value is -2.28. The van der Waals surface area contributed by atoms with Crippen LogP contribution < -0.4 is 0 Å². The maximum absolute atomic E-state index is 12.8. The van der Waals surface area contributed by atoms with E-state index in [4.69, 9.17) is 23.2 Å². The Morgan fingerprint density at radius 3 is 2.53 bits per heavy atom. The van der Waals surface area contributed by atoms with Crippen LogP contribution in [0, 0.1) is 0 Å². The number of nitrogens with zero attached hydrogens (tertiary/aromatic N) is 2. The normalized spacial score (nSPS) is 15.4. The van der Waals surface area contributed by atoms with Gasteiger partial charge in [0.05, 0.1) is 21.5 Å². The minimum atomic E-state index is -0.382. The van der Waals surface area contributed by atoms with Gasteiger partial charge >= 0.3 is 0 Å². The van der Waals surface area contributed by atoms with Crippen molar-refractivity contribution in [1.29, 1.82) is 0 Å². The fraction of sp³-hybridized carbons (Fsp3) is 0.227. The second-order valence-electron chi connectivity index (χ2n) is 7.15. The molecule has 1 aliphatic heterocycles. The average Bonchev–Trinajstić information content (AvgIpc) is 2.97. The number of carbonyl (C=O) groups is 3. The molecule has 1 heterocycles. The van der Waals surface area contributed by atoms with E-state index in [1.54, 1.807) is 60.5 Å². The molecule has 0 unspecified atom stereocenters. The smallest absolute Gasteiger partial charge is 0.293 e. The lowest BCUT2D eigenvalue weighted by molar-refractivity contribution is -0.123. The van der Waals surface area contributed by atoms with Gasteiger partial charge in [-0.1, -0.05) is 41.4 Å². The summed E-state index contributed by atoms with van der Waals surface area (Å²) in [4.78, 5) is 40.8. The SMILES string of the molecule is CC(C)N(C)C(=O)c1cccc(/C=C2\SC(=O)N(Cc3ccc(Cl)c(Cl)c3)C2=O)c1. The maximum atomic E-state index is 12.8. The van der Waals surface area contributed by atoms with Gasteiger partial charge in [-0.2, -0.15) is 0 Å². The van der Waals surface area contributed by atoms with Crippen molar-refractivity contribution in [3.63, 3.8) is 0 Å². The lowest BCUT2D eigenvalue weighted by Gasteiger charge is -2.21. The first kappa shape index (κ1) is 22.4. The van der Waals surface area contributed by atoms with Crippen molar-refractivity contribution in [2.45, 2.75) is 26.4 Å². The molecule has 0 N–H and O–H groups in total. The Kier molecular flexibility index (Phi) is 6.91. The van der Waals surface area contributed by atoms with E-state index in [0.29, 0.717) is 31.6 Å². The lowest BCUT2D eigenvalue weighted by atomic mass is 10.1. The third-order valence-corrected chi connectivity index (χ3v) is 6.37. The summed E-state index contributed by atoms with van der Waals surface area (Å²) in [5.74, 6) is -0.486. The van der Waals surface area contributed by atoms with Crippen molar-refractivity contribution >= 4 is 58.1 Å². The number of hydrogen-bond acceptors (Lipinski definition) is 4. The van der Waals surface area contributed by atoms with Crippen molar-refractivity contribution < 1.29 is 14.4 Å². The van der Waals surface area contributed by atoms with Crippen LogP contribution in [0.15, 0.2) is 47.4 Å². The first-order valence-electron chi connectivity index (χ1n) is 9.24. The molecule has 30 heavy (non-hydrogen) atoms. The van der Waals surface area contributed by atoms with E-state index >= 15 is 0 Å². The third kappa shape index (κ3) is 4.89. The van der Waals surface area contributed by atoms with E-state index in [1.165, 1.54) is 0 Å². The lowest BCUT2D eigenvalue weighted by Crippen LogP contribution is -2.32. The van der Waals surface area contributed by atoms with Crippen LogP contribution in [0.3, 0.4) is 0 Å². The zero-order valence-corrected chi connectivity index (χ0v) is 19.0. The summed E-state index contributed by atoms with van der Waals surface area (Å²) >= 11 is 12.8. The second kappa shape index (κ2) is 9.25. The first-order chi connectivity index (χ1) is 14.2. The van der Waals surface area contributed by atoms with Crippen LogP contribution in [-0.4, -0.2) is 39.9 Å². The Labute approximate surface area is 189 Å². The highest BCUT2D eigenvalue weighted by Gasteiger charge is 2.35. The van der Waals surface area contributed by atoms with Crippen LogP contribution in [0.25, 0.3) is 6.08 Å². The average molecular weight is 463 g/mol. The standard InChI is InChI=1S/C22H20Cl2N2O3S/c1-13(2)25(3)20(27)16-6-4-5-14(9-16)11-19-21(28)26(22(29)30-19)12-15-7-8-17(23)18(24)10-15/h4-11,13H,12H2,1-3H3/b19-11-. The molecule has 1 aliphatic rings. The van der Waals surface area contributed by atoms with Crippen LogP contribution in [-0.2, 0) is 11.3 Å². The predicted molar refractivity (Wildman–Crippen MR) is 122 cm³/mol. The topological polar surface area (TPSA) is 57.7 Å². The summed E-state index contributed by atoms with van der Waals surface area (Å²) in [5, 5.41) is 0.417. The zero-order valence-electron chi connectivity index (χ0n) is 16.7. The first-order valence-corrected chi connectivity index (χ1v) is 10.8. The van der Waals surface area contributed by atoms with Gasteiger partial charge in [0.25, 0.3) is 17.1 Å². The van der Waals surface area contributed by atoms with E-state index in [2.05, 4.69) is 0 Å². The highest BCUT2D eigenvalue weighted by molar-refractivity contribution is 8.18. The fourth-order valence-electron chi connectivity index (χ4n) is 2.81. The van der Waals surface area contributed by atoms with E-state index < -0.39 is 0 Å². The molecular formula is C22H20Cl2N2O3S. The number of halogens is 2. The zero-order chi connectivity index (χ0) is 22.0. The van der Waals surface area contributed by atoms with Gasteiger partial charge in [0.15, 0.2) is 0 Å². The molecule has 0 spiro atoms. The number of hydrogen-bond donors (Lipinski definition) is 0. The molecule has 0 aromatic heterocycles. The Balaban J connectivity index is 1.81. The monoisotopic (exact) mass is 462 g/mol. The fourth-order valence-corrected chi connectivity index (χ4v) is 3.97. The minimum absolute atomic E-state index is 0.0685. The summed E-state index contributed by atoms with van der Waals surface area (Å²) in [7, 11) is 1.74. The molecule has 1 fully saturated rings. The van der Waals surface area contributed by atoms with Crippen molar-refractivity contribution in [3.05, 3.63) is 74.1 Å². The van der Waals surface area contributed by atoms with Gasteiger partial charge in [0.1, 0.15) is 0 Å². The van der Waals surface area contributed by atoms with Crippen molar-refractivity contribution in [2.24, 2.45) is 0 Å². The number of amides is 3. The van der Waals surface area contributed by atoms with Crippen LogP contribution in [0.1, 0.15) is 35.3 Å². The highest BCUT2D eigenvalue weighted by atomic mass is 35.5. The number of carbonyl (C=O) groups excluding carboxylic acids is 3. The Bertz CT molecular complexity index is 1050. The Morgan fingerprint density at radius 1 is 1.13 bits per heavy atom. The van der Waals surface area contributed by atoms with Crippen LogP contribution >= 0.6 is 35.0 Å². The van der Waals surface area contributed by atoms with Gasteiger partial charge in [-0.3, -0.25) is 19.3 Å². The maximum Gasteiger partial charge on any atom is 0.293 e. The van der Waals surface area contributed by atoms with Gasteiger partial charge in [-0.05, 0) is 67.1 Å². The van der Waals surface area contributed by atoms with Crippen LogP contribution in [0.2, 0.25) is 10.0 Å². The molecule has 2 aromatic carbocycles. The molecule has 1 saturated heterocycles. The minimum Gasteiger partial charge on any atom is -0.339 e. The molecule has 3 rings (SSSR count). The Morgan fingerprint density at radius 2 is 1.87 bits per heavy atom. The largest absolute Gasteiger partial charge is 0.339 e. The van der Waals surface area contributed by atoms with Gasteiger partial charge in [0, 0.05) is 18.7 Å². The number of benzene rings is 2. The summed E-state index contributed by atoms with van der Waals surface area (Å²) in [5.41, 5.74) is 1.91. The number of thioether (sulfide) groups is 1. The highest BCUT2D eigenvalue weighted by Crippen LogP contribution is 2.34. The van der Waals surface area contributed by atoms with Gasteiger partial charge in [0.2, 0.25) is 0 Å². The van der Waals surface area contributed by atoms with Crippen LogP contribution in [0.4, 0.5) is 4.79 Å². The molecular weight excluding hydrogens is 443 g/mol. The third-order valence-electron chi connectivity index (χ3n) is 4.72. The quantitative estimate of drug-likeness (QED) is 0.533. The molecule has 3 amide bonds. The van der Waals surface area contributed by atoms with Crippen LogP contribution in [0.5, 0.6) is 0 Å². The molecule has 2 aromatic rings. The van der Waals surface area contributed by atoms with Gasteiger partial charge in [-0.25, -0.2) is 0 Å². The van der Waals surface area contributed by atoms with Gasteiger partial charge in [-0.15, -0.1) is 0 Å². The van der Waals surface area contributed by atoms with Gasteiger partial charge < -0.3 is 4.90 Å². The van der Waals surface area contributed by atoms with E-state index in [-0.39, 0.29) is 29.6 Å². The van der Waals surface area contributed by atoms with E-state index in [0.717, 1.165) is 16.7 Å². The van der Waals surface area contributed by atoms with Crippen molar-refractivity contribution in [3.8, 4) is 0 Å².